The van der Waals surface area contributed by atoms with E-state index in [-0.39, 0.29) is 5.54 Å². The Morgan fingerprint density at radius 1 is 1.32 bits per heavy atom. The van der Waals surface area contributed by atoms with Crippen LogP contribution >= 0.6 is 27.5 Å². The maximum absolute atomic E-state index is 6.19. The lowest BCUT2D eigenvalue weighted by atomic mass is 10.1. The molecule has 5 heteroatoms. The second-order valence-electron chi connectivity index (χ2n) is 5.45. The molecule has 0 amide bonds. The van der Waals surface area contributed by atoms with Crippen LogP contribution in [0.1, 0.15) is 26.5 Å². The van der Waals surface area contributed by atoms with Crippen LogP contribution in [0.3, 0.4) is 0 Å². The lowest BCUT2D eigenvalue weighted by Gasteiger charge is -2.19. The van der Waals surface area contributed by atoms with Gasteiger partial charge in [-0.3, -0.25) is 0 Å². The molecule has 0 saturated heterocycles. The van der Waals surface area contributed by atoms with Crippen molar-refractivity contribution in [2.75, 3.05) is 0 Å². The summed E-state index contributed by atoms with van der Waals surface area (Å²) in [6.07, 6.45) is 1.92. The van der Waals surface area contributed by atoms with Crippen molar-refractivity contribution in [1.29, 1.82) is 0 Å². The highest BCUT2D eigenvalue weighted by atomic mass is 79.9. The summed E-state index contributed by atoms with van der Waals surface area (Å²) in [5, 5.41) is 8.63. The first-order chi connectivity index (χ1) is 8.85. The van der Waals surface area contributed by atoms with Crippen LogP contribution in [0.15, 0.2) is 34.9 Å². The molecular formula is C14H17BrClN3. The Kier molecular flexibility index (Phi) is 4.33. The molecule has 2 rings (SSSR count). The summed E-state index contributed by atoms with van der Waals surface area (Å²) in [4.78, 5) is 0. The Morgan fingerprint density at radius 2 is 2.05 bits per heavy atom. The van der Waals surface area contributed by atoms with E-state index in [2.05, 4.69) is 47.1 Å². The lowest BCUT2D eigenvalue weighted by molar-refractivity contribution is 0.420. The molecule has 0 aliphatic heterocycles. The number of hydrogen-bond acceptors (Lipinski definition) is 2. The van der Waals surface area contributed by atoms with Crippen LogP contribution in [0.5, 0.6) is 0 Å². The molecule has 1 N–H and O–H groups in total. The van der Waals surface area contributed by atoms with Gasteiger partial charge in [-0.1, -0.05) is 27.5 Å². The quantitative estimate of drug-likeness (QED) is 0.907. The van der Waals surface area contributed by atoms with Crippen molar-refractivity contribution >= 4 is 27.5 Å². The van der Waals surface area contributed by atoms with Crippen LogP contribution in [-0.2, 0) is 6.54 Å². The molecule has 0 spiro atoms. The number of hydrogen-bond donors (Lipinski definition) is 1. The van der Waals surface area contributed by atoms with Crippen molar-refractivity contribution in [3.8, 4) is 5.69 Å². The van der Waals surface area contributed by atoms with Gasteiger partial charge in [0, 0.05) is 22.8 Å². The van der Waals surface area contributed by atoms with Gasteiger partial charge in [-0.2, -0.15) is 5.10 Å². The van der Waals surface area contributed by atoms with E-state index in [1.807, 2.05) is 30.5 Å². The number of nitrogens with one attached hydrogen (secondary N) is 1. The third-order valence-electron chi connectivity index (χ3n) is 2.60. The predicted molar refractivity (Wildman–Crippen MR) is 82.9 cm³/mol. The fourth-order valence-electron chi connectivity index (χ4n) is 1.61. The SMILES string of the molecule is CC(C)(C)NCc1ccn(-c2cc(Br)ccc2Cl)n1. The second kappa shape index (κ2) is 5.65. The van der Waals surface area contributed by atoms with E-state index in [4.69, 9.17) is 11.6 Å². The van der Waals surface area contributed by atoms with Gasteiger partial charge in [0.2, 0.25) is 0 Å². The second-order valence-corrected chi connectivity index (χ2v) is 6.77. The molecule has 0 radical (unpaired) electrons. The van der Waals surface area contributed by atoms with E-state index >= 15 is 0 Å². The summed E-state index contributed by atoms with van der Waals surface area (Å²) >= 11 is 9.64. The van der Waals surface area contributed by atoms with Crippen LogP contribution in [0.4, 0.5) is 0 Å². The highest BCUT2D eigenvalue weighted by Crippen LogP contribution is 2.24. The fourth-order valence-corrected chi connectivity index (χ4v) is 2.16. The van der Waals surface area contributed by atoms with E-state index in [0.29, 0.717) is 5.02 Å². The Balaban J connectivity index is 2.19. The molecule has 19 heavy (non-hydrogen) atoms. The van der Waals surface area contributed by atoms with Gasteiger partial charge in [-0.05, 0) is 45.0 Å². The zero-order valence-electron chi connectivity index (χ0n) is 11.2. The third-order valence-corrected chi connectivity index (χ3v) is 3.41. The minimum atomic E-state index is 0.0806. The molecule has 0 saturated carbocycles. The first-order valence-electron chi connectivity index (χ1n) is 6.10. The van der Waals surface area contributed by atoms with Crippen LogP contribution in [0.25, 0.3) is 5.69 Å². The van der Waals surface area contributed by atoms with Crippen molar-refractivity contribution in [3.05, 3.63) is 45.7 Å². The smallest absolute Gasteiger partial charge is 0.0843 e. The van der Waals surface area contributed by atoms with E-state index in [1.54, 1.807) is 4.68 Å². The number of halogens is 2. The summed E-state index contributed by atoms with van der Waals surface area (Å²) < 4.78 is 2.78. The summed E-state index contributed by atoms with van der Waals surface area (Å²) in [6, 6.07) is 7.72. The van der Waals surface area contributed by atoms with Gasteiger partial charge in [0.15, 0.2) is 0 Å². The van der Waals surface area contributed by atoms with Gasteiger partial charge >= 0.3 is 0 Å². The molecule has 0 unspecified atom stereocenters. The van der Waals surface area contributed by atoms with Crippen LogP contribution in [-0.4, -0.2) is 15.3 Å². The Hall–Kier alpha value is -0.840. The zero-order valence-corrected chi connectivity index (χ0v) is 13.6. The summed E-state index contributed by atoms with van der Waals surface area (Å²) in [5.74, 6) is 0. The van der Waals surface area contributed by atoms with Crippen molar-refractivity contribution < 1.29 is 0 Å². The zero-order chi connectivity index (χ0) is 14.0. The fraction of sp³-hybridized carbons (Fsp3) is 0.357. The van der Waals surface area contributed by atoms with Gasteiger partial charge in [0.05, 0.1) is 16.4 Å². The first-order valence-corrected chi connectivity index (χ1v) is 7.27. The molecule has 1 aromatic carbocycles. The average Bonchev–Trinajstić information content (AvgIpc) is 2.77. The van der Waals surface area contributed by atoms with Gasteiger partial charge in [0.25, 0.3) is 0 Å². The van der Waals surface area contributed by atoms with E-state index in [1.165, 1.54) is 0 Å². The predicted octanol–water partition coefficient (Wildman–Crippen LogP) is 4.18. The summed E-state index contributed by atoms with van der Waals surface area (Å²) in [7, 11) is 0. The molecule has 0 bridgehead atoms. The maximum Gasteiger partial charge on any atom is 0.0843 e. The number of nitrogens with zero attached hydrogens (tertiary/aromatic N) is 2. The van der Waals surface area contributed by atoms with Crippen molar-refractivity contribution in [1.82, 2.24) is 15.1 Å². The first kappa shape index (κ1) is 14.6. The molecule has 1 aromatic heterocycles. The number of rotatable bonds is 3. The molecule has 102 valence electrons. The Morgan fingerprint density at radius 3 is 2.74 bits per heavy atom. The van der Waals surface area contributed by atoms with Crippen LogP contribution < -0.4 is 5.32 Å². The molecule has 2 aromatic rings. The normalized spacial score (nSPS) is 11.8. The highest BCUT2D eigenvalue weighted by molar-refractivity contribution is 9.10. The van der Waals surface area contributed by atoms with Crippen molar-refractivity contribution in [2.45, 2.75) is 32.9 Å². The van der Waals surface area contributed by atoms with Gasteiger partial charge in [-0.25, -0.2) is 4.68 Å². The van der Waals surface area contributed by atoms with Gasteiger partial charge in [-0.15, -0.1) is 0 Å². The minimum Gasteiger partial charge on any atom is -0.306 e. The molecule has 3 nitrogen and oxygen atoms in total. The summed E-state index contributed by atoms with van der Waals surface area (Å²) in [6.45, 7) is 7.14. The van der Waals surface area contributed by atoms with E-state index in [0.717, 1.165) is 22.4 Å². The lowest BCUT2D eigenvalue weighted by Crippen LogP contribution is -2.35. The third kappa shape index (κ3) is 4.06. The topological polar surface area (TPSA) is 29.9 Å². The minimum absolute atomic E-state index is 0.0806. The van der Waals surface area contributed by atoms with Crippen LogP contribution in [0.2, 0.25) is 5.02 Å². The van der Waals surface area contributed by atoms with Crippen molar-refractivity contribution in [3.63, 3.8) is 0 Å². The maximum atomic E-state index is 6.19. The standard InChI is InChI=1S/C14H17BrClN3/c1-14(2,3)17-9-11-6-7-19(18-11)13-8-10(15)4-5-12(13)16/h4-8,17H,9H2,1-3H3. The molecule has 0 aliphatic carbocycles. The van der Waals surface area contributed by atoms with E-state index < -0.39 is 0 Å². The average molecular weight is 343 g/mol. The highest BCUT2D eigenvalue weighted by Gasteiger charge is 2.10. The van der Waals surface area contributed by atoms with Crippen molar-refractivity contribution in [2.24, 2.45) is 0 Å². The van der Waals surface area contributed by atoms with Gasteiger partial charge in [0.1, 0.15) is 0 Å². The monoisotopic (exact) mass is 341 g/mol. The Labute approximate surface area is 127 Å². The Bertz CT molecular complexity index is 572. The molecule has 0 fully saturated rings. The van der Waals surface area contributed by atoms with Crippen LogP contribution in [0, 0.1) is 0 Å². The number of benzene rings is 1. The van der Waals surface area contributed by atoms with E-state index in [9.17, 15) is 0 Å². The summed E-state index contributed by atoms with van der Waals surface area (Å²) in [5.41, 5.74) is 1.95. The van der Waals surface area contributed by atoms with Gasteiger partial charge < -0.3 is 5.32 Å². The molecule has 1 heterocycles. The molecule has 0 aliphatic rings. The molecular weight excluding hydrogens is 326 g/mol. The molecule has 0 atom stereocenters. The largest absolute Gasteiger partial charge is 0.306 e. The number of aromatic nitrogens is 2.